The molecule has 1 heterocycles. The fraction of sp³-hybridized carbons (Fsp3) is 0.333. The summed E-state index contributed by atoms with van der Waals surface area (Å²) in [5, 5.41) is 4.41. The van der Waals surface area contributed by atoms with Crippen LogP contribution in [-0.4, -0.2) is 43.7 Å². The van der Waals surface area contributed by atoms with Gasteiger partial charge in [-0.2, -0.15) is 0 Å². The van der Waals surface area contributed by atoms with Gasteiger partial charge in [-0.3, -0.25) is 5.32 Å². The minimum absolute atomic E-state index is 0.343. The second kappa shape index (κ2) is 16.4. The summed E-state index contributed by atoms with van der Waals surface area (Å²) in [6.07, 6.45) is 10.5. The van der Waals surface area contributed by atoms with Crippen molar-refractivity contribution in [2.75, 3.05) is 26.9 Å². The Labute approximate surface area is 289 Å². The van der Waals surface area contributed by atoms with Crippen molar-refractivity contribution in [3.63, 3.8) is 0 Å². The van der Waals surface area contributed by atoms with Crippen LogP contribution in [-0.2, 0) is 0 Å². The first-order valence-electron chi connectivity index (χ1n) is 16.9. The monoisotopic (exact) mass is 713 g/mol. The van der Waals surface area contributed by atoms with Gasteiger partial charge in [-0.15, -0.1) is 0 Å². The van der Waals surface area contributed by atoms with Gasteiger partial charge in [-0.05, 0) is 17.7 Å². The Morgan fingerprint density at radius 2 is 1.13 bits per heavy atom. The number of nitrogens with one attached hydrogen (secondary N) is 1. The molecule has 0 saturated heterocycles. The Balaban J connectivity index is 1.04. The Bertz CT molecular complexity index is 1500. The maximum atomic E-state index is 6.02. The first kappa shape index (κ1) is 34.7. The SMILES string of the molecule is CN(C)C1=NC(c2ccc(OCCCCCCCCCCP(Br)(c3ccccc3)(c3ccccc3)c3ccccc3)cc2)N=C(N)N1. The molecule has 1 atom stereocenters. The largest absolute Gasteiger partial charge is 0.370 e. The van der Waals surface area contributed by atoms with Gasteiger partial charge in [-0.1, -0.05) is 12.1 Å². The van der Waals surface area contributed by atoms with Crippen LogP contribution in [0.15, 0.2) is 125 Å². The van der Waals surface area contributed by atoms with Crippen molar-refractivity contribution in [2.45, 2.75) is 57.5 Å². The Morgan fingerprint density at radius 3 is 1.62 bits per heavy atom. The minimum Gasteiger partial charge on any atom is -0.370 e. The van der Waals surface area contributed by atoms with E-state index in [2.05, 4.69) is 122 Å². The Morgan fingerprint density at radius 1 is 0.660 bits per heavy atom. The molecular weight excluding hydrogens is 665 g/mol. The van der Waals surface area contributed by atoms with E-state index in [-0.39, 0.29) is 6.17 Å². The van der Waals surface area contributed by atoms with Crippen LogP contribution in [0.25, 0.3) is 0 Å². The van der Waals surface area contributed by atoms with Gasteiger partial charge in [0.25, 0.3) is 0 Å². The minimum atomic E-state index is -2.80. The number of aliphatic imine (C=N–C) groups is 2. The summed E-state index contributed by atoms with van der Waals surface area (Å²) in [7, 11) is 3.85. The summed E-state index contributed by atoms with van der Waals surface area (Å²) < 4.78 is 6.02. The summed E-state index contributed by atoms with van der Waals surface area (Å²) in [6, 6.07) is 41.4. The third kappa shape index (κ3) is 8.44. The molecule has 0 aliphatic carbocycles. The molecule has 0 spiro atoms. The molecule has 248 valence electrons. The number of nitrogens with two attached hydrogens (primary N) is 1. The van der Waals surface area contributed by atoms with Crippen LogP contribution in [0.5, 0.6) is 5.75 Å². The quantitative estimate of drug-likeness (QED) is 0.0916. The second-order valence-electron chi connectivity index (χ2n) is 12.5. The van der Waals surface area contributed by atoms with E-state index in [0.29, 0.717) is 11.9 Å². The molecule has 0 radical (unpaired) electrons. The van der Waals surface area contributed by atoms with E-state index in [1.165, 1.54) is 60.9 Å². The molecule has 5 rings (SSSR count). The van der Waals surface area contributed by atoms with E-state index in [9.17, 15) is 0 Å². The molecule has 0 fully saturated rings. The number of hydrogen-bond donors (Lipinski definition) is 2. The number of hydrogen-bond acceptors (Lipinski definition) is 6. The van der Waals surface area contributed by atoms with Crippen molar-refractivity contribution in [1.29, 1.82) is 0 Å². The molecule has 8 heteroatoms. The smallest absolute Gasteiger partial charge is 0.197 e. The number of unbranched alkanes of at least 4 members (excludes halogenated alkanes) is 7. The number of guanidine groups is 2. The van der Waals surface area contributed by atoms with Crippen LogP contribution in [0.3, 0.4) is 0 Å². The predicted molar refractivity (Wildman–Crippen MR) is 206 cm³/mol. The van der Waals surface area contributed by atoms with Crippen molar-refractivity contribution in [3.05, 3.63) is 121 Å². The molecule has 1 aliphatic rings. The van der Waals surface area contributed by atoms with Gasteiger partial charge in [0, 0.05) is 14.1 Å². The van der Waals surface area contributed by atoms with E-state index in [0.717, 1.165) is 30.5 Å². The molecular formula is C39H49BrN5OP. The third-order valence-corrected chi connectivity index (χ3v) is 19.0. The van der Waals surface area contributed by atoms with Gasteiger partial charge in [-0.25, -0.2) is 9.98 Å². The van der Waals surface area contributed by atoms with E-state index in [1.807, 2.05) is 43.3 Å². The van der Waals surface area contributed by atoms with E-state index < -0.39 is 5.31 Å². The zero-order valence-electron chi connectivity index (χ0n) is 27.8. The predicted octanol–water partition coefficient (Wildman–Crippen LogP) is 7.86. The number of benzene rings is 4. The van der Waals surface area contributed by atoms with E-state index in [4.69, 9.17) is 10.5 Å². The second-order valence-corrected chi connectivity index (χ2v) is 21.6. The van der Waals surface area contributed by atoms with Gasteiger partial charge in [0.1, 0.15) is 0 Å². The topological polar surface area (TPSA) is 75.2 Å². The van der Waals surface area contributed by atoms with Gasteiger partial charge in [0.05, 0.1) is 0 Å². The molecule has 6 nitrogen and oxygen atoms in total. The Hall–Kier alpha value is -3.67. The number of nitrogens with zero attached hydrogens (tertiary/aromatic N) is 3. The fourth-order valence-electron chi connectivity index (χ4n) is 6.38. The molecule has 0 amide bonds. The summed E-state index contributed by atoms with van der Waals surface area (Å²) >= 11 is 4.58. The van der Waals surface area contributed by atoms with Gasteiger partial charge >= 0.3 is 202 Å². The Kier molecular flexibility index (Phi) is 12.1. The first-order chi connectivity index (χ1) is 22.9. The molecule has 0 aromatic heterocycles. The molecule has 4 aromatic rings. The molecule has 4 aromatic carbocycles. The standard InChI is InChI=1S/C39H49BrN5OP/c1-45(2)39-43-37(42-38(41)44-39)32-26-28-33(29-27-32)46-30-18-7-5-3-4-6-8-19-31-47(40,34-20-12-9-13-21-34,35-22-14-10-15-23-35)36-24-16-11-17-25-36/h9-17,20-29,37H,3-8,18-19,30-31H2,1-2H3,(H3,41,42,43,44). The average Bonchev–Trinajstić information content (AvgIpc) is 3.11. The average molecular weight is 715 g/mol. The molecule has 47 heavy (non-hydrogen) atoms. The van der Waals surface area contributed by atoms with Crippen molar-refractivity contribution < 1.29 is 4.74 Å². The summed E-state index contributed by atoms with van der Waals surface area (Å²) in [5.41, 5.74) is 6.94. The summed E-state index contributed by atoms with van der Waals surface area (Å²) in [5.74, 6) is 1.95. The van der Waals surface area contributed by atoms with Crippen molar-refractivity contribution in [3.8, 4) is 5.75 Å². The number of rotatable bonds is 16. The van der Waals surface area contributed by atoms with Crippen LogP contribution in [0.4, 0.5) is 0 Å². The molecule has 1 unspecified atom stereocenters. The normalized spacial score (nSPS) is 15.5. The van der Waals surface area contributed by atoms with Crippen LogP contribution >= 0.6 is 20.8 Å². The van der Waals surface area contributed by atoms with Crippen LogP contribution in [0.2, 0.25) is 0 Å². The van der Waals surface area contributed by atoms with Crippen LogP contribution in [0, 0.1) is 0 Å². The molecule has 1 aliphatic heterocycles. The maximum absolute atomic E-state index is 6.02. The van der Waals surface area contributed by atoms with E-state index >= 15 is 0 Å². The van der Waals surface area contributed by atoms with Crippen molar-refractivity contribution in [2.24, 2.45) is 15.7 Å². The number of halogens is 1. The zero-order chi connectivity index (χ0) is 33.0. The van der Waals surface area contributed by atoms with Crippen molar-refractivity contribution >= 4 is 48.6 Å². The number of ether oxygens (including phenoxy) is 1. The van der Waals surface area contributed by atoms with Gasteiger partial charge < -0.3 is 10.6 Å². The van der Waals surface area contributed by atoms with Crippen molar-refractivity contribution in [1.82, 2.24) is 10.2 Å². The molecule has 0 saturated carbocycles. The molecule has 0 bridgehead atoms. The van der Waals surface area contributed by atoms with Crippen LogP contribution in [0.1, 0.15) is 63.1 Å². The summed E-state index contributed by atoms with van der Waals surface area (Å²) in [6.45, 7) is 0.734. The zero-order valence-corrected chi connectivity index (χ0v) is 30.3. The summed E-state index contributed by atoms with van der Waals surface area (Å²) in [4.78, 5) is 10.9. The maximum Gasteiger partial charge on any atom is 0.197 e. The fourth-order valence-corrected chi connectivity index (χ4v) is 14.1. The molecule has 3 N–H and O–H groups in total. The third-order valence-electron chi connectivity index (χ3n) is 8.97. The van der Waals surface area contributed by atoms with Crippen LogP contribution < -0.4 is 31.7 Å². The van der Waals surface area contributed by atoms with E-state index in [1.54, 1.807) is 0 Å². The van der Waals surface area contributed by atoms with Gasteiger partial charge in [0.15, 0.2) is 12.1 Å². The first-order valence-corrected chi connectivity index (χ1v) is 21.3. The van der Waals surface area contributed by atoms with Gasteiger partial charge in [0.2, 0.25) is 5.96 Å².